The third-order valence-corrected chi connectivity index (χ3v) is 5.73. The van der Waals surface area contributed by atoms with Crippen molar-refractivity contribution in [1.29, 1.82) is 0 Å². The van der Waals surface area contributed by atoms with E-state index in [1.54, 1.807) is 31.2 Å². The maximum absolute atomic E-state index is 12.9. The Balaban J connectivity index is 2.00. The first-order valence-electron chi connectivity index (χ1n) is 8.16. The second-order valence-electron chi connectivity index (χ2n) is 6.40. The van der Waals surface area contributed by atoms with Gasteiger partial charge in [-0.05, 0) is 66.5 Å². The fourth-order valence-corrected chi connectivity index (χ4v) is 3.99. The molecular formula is C17H19N5O3S2. The van der Waals surface area contributed by atoms with Crippen molar-refractivity contribution >= 4 is 27.9 Å². The van der Waals surface area contributed by atoms with Crippen LogP contribution in [0.15, 0.2) is 41.3 Å². The van der Waals surface area contributed by atoms with Crippen LogP contribution in [0.1, 0.15) is 30.9 Å². The van der Waals surface area contributed by atoms with Crippen LogP contribution in [-0.2, 0) is 10.0 Å². The van der Waals surface area contributed by atoms with E-state index in [2.05, 4.69) is 20.2 Å². The SMILES string of the molecule is Cc1cc(O)c(C(C)C)cc1NS(=O)(=O)c1cccc(-n2[nH]nnc2=S)c1. The highest BCUT2D eigenvalue weighted by Gasteiger charge is 2.18. The number of nitrogens with one attached hydrogen (secondary N) is 2. The summed E-state index contributed by atoms with van der Waals surface area (Å²) in [5.41, 5.74) is 2.21. The maximum atomic E-state index is 12.9. The van der Waals surface area contributed by atoms with Crippen LogP contribution in [-0.4, -0.2) is 33.7 Å². The standard InChI is InChI=1S/C17H19N5O3S2/c1-10(2)14-9-15(11(3)7-16(14)23)19-27(24,25)13-6-4-5-12(8-13)22-17(26)18-20-21-22/h4-10,19,23H,1-3H3,(H,18,21,26). The average Bonchev–Trinajstić information content (AvgIpc) is 3.03. The molecule has 1 aromatic heterocycles. The van der Waals surface area contributed by atoms with E-state index in [1.165, 1.54) is 16.8 Å². The molecular weight excluding hydrogens is 386 g/mol. The van der Waals surface area contributed by atoms with Crippen molar-refractivity contribution in [1.82, 2.24) is 20.2 Å². The van der Waals surface area contributed by atoms with Crippen molar-refractivity contribution in [2.45, 2.75) is 31.6 Å². The van der Waals surface area contributed by atoms with E-state index in [0.29, 0.717) is 22.5 Å². The number of sulfonamides is 1. The van der Waals surface area contributed by atoms with Crippen molar-refractivity contribution in [3.05, 3.63) is 52.3 Å². The lowest BCUT2D eigenvalue weighted by Crippen LogP contribution is -2.14. The van der Waals surface area contributed by atoms with E-state index >= 15 is 0 Å². The zero-order valence-electron chi connectivity index (χ0n) is 15.0. The molecule has 0 atom stereocenters. The molecule has 0 amide bonds. The van der Waals surface area contributed by atoms with Crippen LogP contribution >= 0.6 is 12.2 Å². The van der Waals surface area contributed by atoms with E-state index in [1.807, 2.05) is 13.8 Å². The van der Waals surface area contributed by atoms with Crippen LogP contribution in [0.4, 0.5) is 5.69 Å². The van der Waals surface area contributed by atoms with Gasteiger partial charge in [0, 0.05) is 0 Å². The molecule has 0 aliphatic carbocycles. The van der Waals surface area contributed by atoms with Crippen molar-refractivity contribution in [2.24, 2.45) is 0 Å². The molecule has 27 heavy (non-hydrogen) atoms. The first-order chi connectivity index (χ1) is 12.7. The van der Waals surface area contributed by atoms with E-state index in [4.69, 9.17) is 12.2 Å². The Kier molecular flexibility index (Phi) is 5.03. The number of H-pyrrole nitrogens is 1. The zero-order valence-corrected chi connectivity index (χ0v) is 16.6. The molecule has 2 aromatic carbocycles. The number of aromatic amines is 1. The number of phenols is 1. The van der Waals surface area contributed by atoms with Crippen LogP contribution in [0, 0.1) is 11.7 Å². The van der Waals surface area contributed by atoms with Crippen LogP contribution in [0.5, 0.6) is 5.75 Å². The van der Waals surface area contributed by atoms with Crippen molar-refractivity contribution in [3.63, 3.8) is 0 Å². The monoisotopic (exact) mass is 405 g/mol. The van der Waals surface area contributed by atoms with Crippen LogP contribution in [0.3, 0.4) is 0 Å². The summed E-state index contributed by atoms with van der Waals surface area (Å²) >= 11 is 5.05. The van der Waals surface area contributed by atoms with Crippen LogP contribution in [0.2, 0.25) is 0 Å². The number of rotatable bonds is 5. The highest BCUT2D eigenvalue weighted by Crippen LogP contribution is 2.32. The Hall–Kier alpha value is -2.72. The van der Waals surface area contributed by atoms with E-state index in [9.17, 15) is 13.5 Å². The number of benzene rings is 2. The van der Waals surface area contributed by atoms with Gasteiger partial charge in [-0.3, -0.25) is 4.72 Å². The molecule has 142 valence electrons. The topological polar surface area (TPSA) is 113 Å². The molecule has 0 radical (unpaired) electrons. The molecule has 0 unspecified atom stereocenters. The number of hydrogen-bond acceptors (Lipinski definition) is 6. The Morgan fingerprint density at radius 3 is 2.63 bits per heavy atom. The lowest BCUT2D eigenvalue weighted by Gasteiger charge is -2.15. The molecule has 0 aliphatic heterocycles. The fourth-order valence-electron chi connectivity index (χ4n) is 2.64. The molecule has 10 heteroatoms. The number of anilines is 1. The van der Waals surface area contributed by atoms with Crippen LogP contribution in [0.25, 0.3) is 5.69 Å². The molecule has 3 N–H and O–H groups in total. The number of phenolic OH excluding ortho intramolecular Hbond substituents is 1. The summed E-state index contributed by atoms with van der Waals surface area (Å²) in [5.74, 6) is 0.195. The Labute approximate surface area is 161 Å². The minimum atomic E-state index is -3.85. The lowest BCUT2D eigenvalue weighted by molar-refractivity contribution is 0.464. The van der Waals surface area contributed by atoms with Gasteiger partial charge in [-0.25, -0.2) is 13.1 Å². The fraction of sp³-hybridized carbons (Fsp3) is 0.235. The molecule has 3 rings (SSSR count). The molecule has 8 nitrogen and oxygen atoms in total. The van der Waals surface area contributed by atoms with Gasteiger partial charge in [-0.1, -0.05) is 30.2 Å². The van der Waals surface area contributed by atoms with E-state index in [-0.39, 0.29) is 21.3 Å². The third kappa shape index (κ3) is 3.86. The Morgan fingerprint density at radius 1 is 1.26 bits per heavy atom. The first kappa shape index (κ1) is 19.1. The molecule has 0 bridgehead atoms. The van der Waals surface area contributed by atoms with Gasteiger partial charge in [0.25, 0.3) is 10.0 Å². The second kappa shape index (κ2) is 7.12. The first-order valence-corrected chi connectivity index (χ1v) is 10.0. The summed E-state index contributed by atoms with van der Waals surface area (Å²) in [6.45, 7) is 5.58. The Morgan fingerprint density at radius 2 is 2.00 bits per heavy atom. The van der Waals surface area contributed by atoms with Crippen molar-refractivity contribution in [2.75, 3.05) is 4.72 Å². The summed E-state index contributed by atoms with van der Waals surface area (Å²) in [5, 5.41) is 19.9. The summed E-state index contributed by atoms with van der Waals surface area (Å²) in [7, 11) is -3.85. The maximum Gasteiger partial charge on any atom is 0.261 e. The highest BCUT2D eigenvalue weighted by atomic mass is 32.2. The molecule has 0 aliphatic rings. The third-order valence-electron chi connectivity index (χ3n) is 4.10. The zero-order chi connectivity index (χ0) is 19.8. The second-order valence-corrected chi connectivity index (χ2v) is 8.45. The summed E-state index contributed by atoms with van der Waals surface area (Å²) in [6.07, 6.45) is 0. The molecule has 0 fully saturated rings. The number of nitrogens with zero attached hydrogens (tertiary/aromatic N) is 3. The number of tetrazole rings is 1. The van der Waals surface area contributed by atoms with Crippen molar-refractivity contribution in [3.8, 4) is 11.4 Å². The van der Waals surface area contributed by atoms with Gasteiger partial charge in [0.05, 0.1) is 16.3 Å². The number of aromatic hydroxyl groups is 1. The summed E-state index contributed by atoms with van der Waals surface area (Å²) in [6, 6.07) is 9.47. The quantitative estimate of drug-likeness (QED) is 0.444. The predicted molar refractivity (Wildman–Crippen MR) is 104 cm³/mol. The largest absolute Gasteiger partial charge is 0.508 e. The van der Waals surface area contributed by atoms with Gasteiger partial charge in [-0.2, -0.15) is 5.21 Å². The minimum absolute atomic E-state index is 0.0481. The van der Waals surface area contributed by atoms with Crippen LogP contribution < -0.4 is 4.72 Å². The van der Waals surface area contributed by atoms with Gasteiger partial charge in [0.15, 0.2) is 0 Å². The van der Waals surface area contributed by atoms with Gasteiger partial charge < -0.3 is 5.11 Å². The summed E-state index contributed by atoms with van der Waals surface area (Å²) < 4.78 is 29.9. The van der Waals surface area contributed by atoms with E-state index in [0.717, 1.165) is 0 Å². The van der Waals surface area contributed by atoms with Gasteiger partial charge in [-0.15, -0.1) is 0 Å². The van der Waals surface area contributed by atoms with Crippen molar-refractivity contribution < 1.29 is 13.5 Å². The minimum Gasteiger partial charge on any atom is -0.508 e. The lowest BCUT2D eigenvalue weighted by atomic mass is 9.99. The number of aryl methyl sites for hydroxylation is 1. The highest BCUT2D eigenvalue weighted by molar-refractivity contribution is 7.92. The van der Waals surface area contributed by atoms with Gasteiger partial charge in [0.1, 0.15) is 5.75 Å². The predicted octanol–water partition coefficient (Wildman–Crippen LogP) is 3.26. The normalized spacial score (nSPS) is 11.7. The van der Waals surface area contributed by atoms with Gasteiger partial charge in [0.2, 0.25) is 4.77 Å². The molecule has 1 heterocycles. The summed E-state index contributed by atoms with van der Waals surface area (Å²) in [4.78, 5) is 0.0649. The molecule has 0 saturated carbocycles. The smallest absolute Gasteiger partial charge is 0.261 e. The average molecular weight is 406 g/mol. The molecule has 3 aromatic rings. The Bertz CT molecular complexity index is 1150. The molecule has 0 spiro atoms. The number of aromatic nitrogens is 4. The van der Waals surface area contributed by atoms with Gasteiger partial charge >= 0.3 is 0 Å². The molecule has 0 saturated heterocycles. The number of hydrogen-bond donors (Lipinski definition) is 3. The van der Waals surface area contributed by atoms with E-state index < -0.39 is 10.0 Å².